The minimum atomic E-state index is -4.75. The van der Waals surface area contributed by atoms with Crippen molar-refractivity contribution in [2.75, 3.05) is 6.61 Å². The normalized spacial score (nSPS) is 14.0. The number of benzene rings is 1. The number of nitrogens with two attached hydrogens (primary N) is 1. The first-order valence-corrected chi connectivity index (χ1v) is 7.84. The number of hydrogen-bond acceptors (Lipinski definition) is 4. The van der Waals surface area contributed by atoms with E-state index in [1.165, 1.54) is 30.5 Å². The molecule has 4 N–H and O–H groups in total. The Morgan fingerprint density at radius 1 is 1.46 bits per heavy atom. The fourth-order valence-electron chi connectivity index (χ4n) is 2.11. The van der Waals surface area contributed by atoms with E-state index in [1.54, 1.807) is 12.1 Å². The fraction of sp³-hybridized carbons (Fsp3) is 0.294. The molecule has 1 atom stereocenters. The van der Waals surface area contributed by atoms with Gasteiger partial charge in [0.15, 0.2) is 0 Å². The summed E-state index contributed by atoms with van der Waals surface area (Å²) >= 11 is 0. The highest BCUT2D eigenvalue weighted by atomic mass is 19.4. The molecule has 0 fully saturated rings. The summed E-state index contributed by atoms with van der Waals surface area (Å²) in [5, 5.41) is 9.10. The maximum Gasteiger partial charge on any atom is 0.573 e. The van der Waals surface area contributed by atoms with Gasteiger partial charge in [0, 0.05) is 5.56 Å². The monoisotopic (exact) mass is 368 g/mol. The molecule has 0 radical (unpaired) electrons. The highest BCUT2D eigenvalue weighted by Crippen LogP contribution is 2.27. The number of aliphatic hydroxyl groups excluding tert-OH is 1. The maximum absolute atomic E-state index is 12.3. The van der Waals surface area contributed by atoms with Crippen molar-refractivity contribution >= 4 is 11.9 Å². The van der Waals surface area contributed by atoms with Crippen LogP contribution in [0.4, 0.5) is 13.2 Å². The number of aliphatic hydroxyl groups is 1. The molecule has 1 aromatic heterocycles. The zero-order valence-corrected chi connectivity index (χ0v) is 14.0. The number of halogens is 3. The summed E-state index contributed by atoms with van der Waals surface area (Å²) in [4.78, 5) is 11.2. The average molecular weight is 368 g/mol. The van der Waals surface area contributed by atoms with Crippen LogP contribution in [0, 0.1) is 0 Å². The first-order valence-electron chi connectivity index (χ1n) is 7.84. The van der Waals surface area contributed by atoms with E-state index in [4.69, 9.17) is 10.8 Å². The molecule has 0 spiro atoms. The number of rotatable bonds is 7. The highest BCUT2D eigenvalue weighted by Gasteiger charge is 2.31. The van der Waals surface area contributed by atoms with Crippen molar-refractivity contribution in [3.8, 4) is 17.0 Å². The zero-order chi connectivity index (χ0) is 19.2. The van der Waals surface area contributed by atoms with Crippen molar-refractivity contribution in [1.82, 2.24) is 9.97 Å². The molecule has 140 valence electrons. The van der Waals surface area contributed by atoms with Crippen molar-refractivity contribution < 1.29 is 23.0 Å². The van der Waals surface area contributed by atoms with Gasteiger partial charge in [0.2, 0.25) is 0 Å². The molecule has 26 heavy (non-hydrogen) atoms. The number of amidine groups is 1. The topological polar surface area (TPSA) is 96.5 Å². The molecule has 0 aliphatic carbocycles. The van der Waals surface area contributed by atoms with E-state index in [-0.39, 0.29) is 24.2 Å². The van der Waals surface area contributed by atoms with E-state index in [0.29, 0.717) is 23.5 Å². The van der Waals surface area contributed by atoms with Crippen molar-refractivity contribution in [2.45, 2.75) is 25.7 Å². The minimum Gasteiger partial charge on any atom is -0.406 e. The number of aromatic nitrogens is 2. The van der Waals surface area contributed by atoms with Crippen LogP contribution < -0.4 is 10.5 Å². The number of H-pyrrole nitrogens is 1. The molecule has 0 amide bonds. The van der Waals surface area contributed by atoms with E-state index in [0.717, 1.165) is 0 Å². The van der Waals surface area contributed by atoms with Crippen LogP contribution in [0.2, 0.25) is 0 Å². The van der Waals surface area contributed by atoms with Crippen LogP contribution in [-0.4, -0.2) is 39.9 Å². The molecule has 6 nitrogen and oxygen atoms in total. The molecule has 1 heterocycles. The number of alkyl halides is 3. The van der Waals surface area contributed by atoms with Crippen LogP contribution >= 0.6 is 0 Å². The summed E-state index contributed by atoms with van der Waals surface area (Å²) in [7, 11) is 0. The largest absolute Gasteiger partial charge is 0.573 e. The Labute approximate surface area is 148 Å². The van der Waals surface area contributed by atoms with Gasteiger partial charge in [0.05, 0.1) is 24.5 Å². The lowest BCUT2D eigenvalue weighted by atomic mass is 10.1. The molecule has 9 heteroatoms. The molecule has 2 aromatic rings. The van der Waals surface area contributed by atoms with Gasteiger partial charge in [0.1, 0.15) is 17.4 Å². The second kappa shape index (κ2) is 8.52. The maximum atomic E-state index is 12.3. The molecule has 0 saturated carbocycles. The quantitative estimate of drug-likeness (QED) is 0.517. The van der Waals surface area contributed by atoms with E-state index < -0.39 is 6.36 Å². The van der Waals surface area contributed by atoms with E-state index in [2.05, 4.69) is 19.7 Å². The highest BCUT2D eigenvalue weighted by molar-refractivity contribution is 5.94. The third-order valence-corrected chi connectivity index (χ3v) is 3.40. The molecule has 1 unspecified atom stereocenters. The summed E-state index contributed by atoms with van der Waals surface area (Å²) in [6.45, 7) is 1.79. The van der Waals surface area contributed by atoms with Gasteiger partial charge < -0.3 is 20.6 Å². The van der Waals surface area contributed by atoms with Crippen LogP contribution in [-0.2, 0) is 0 Å². The zero-order valence-electron chi connectivity index (χ0n) is 14.0. The Morgan fingerprint density at radius 2 is 2.23 bits per heavy atom. The summed E-state index contributed by atoms with van der Waals surface area (Å²) in [6.07, 6.45) is 0.517. The SMILES string of the molecule is CCC(CO)N=C(N)/C=C\c1ncc(-c2cccc(OC(F)(F)F)c2)[nH]1. The first kappa shape index (κ1) is 19.5. The predicted octanol–water partition coefficient (Wildman–Crippen LogP) is 3.12. The van der Waals surface area contributed by atoms with Gasteiger partial charge in [-0.2, -0.15) is 0 Å². The fourth-order valence-corrected chi connectivity index (χ4v) is 2.11. The summed E-state index contributed by atoms with van der Waals surface area (Å²) in [5.74, 6) is 0.384. The molecule has 0 aliphatic heterocycles. The van der Waals surface area contributed by atoms with E-state index in [1.807, 2.05) is 6.92 Å². The van der Waals surface area contributed by atoms with Crippen LogP contribution in [0.3, 0.4) is 0 Å². The number of hydrogen-bond donors (Lipinski definition) is 3. The molecular weight excluding hydrogens is 349 g/mol. The van der Waals surface area contributed by atoms with Gasteiger partial charge in [-0.15, -0.1) is 13.2 Å². The molecule has 2 rings (SSSR count). The summed E-state index contributed by atoms with van der Waals surface area (Å²) < 4.78 is 40.8. The van der Waals surface area contributed by atoms with Gasteiger partial charge in [-0.05, 0) is 30.7 Å². The number of imidazole rings is 1. The Bertz CT molecular complexity index is 780. The Hall–Kier alpha value is -2.81. The lowest BCUT2D eigenvalue weighted by Crippen LogP contribution is -2.17. The number of aromatic amines is 1. The van der Waals surface area contributed by atoms with Gasteiger partial charge in [-0.3, -0.25) is 4.99 Å². The van der Waals surface area contributed by atoms with Gasteiger partial charge in [0.25, 0.3) is 0 Å². The molecule has 1 aromatic carbocycles. The van der Waals surface area contributed by atoms with Gasteiger partial charge in [-0.1, -0.05) is 19.1 Å². The average Bonchev–Trinajstić information content (AvgIpc) is 3.05. The second-order valence-corrected chi connectivity index (χ2v) is 5.39. The minimum absolute atomic E-state index is 0.0910. The number of nitrogens with one attached hydrogen (secondary N) is 1. The number of ether oxygens (including phenoxy) is 1. The Morgan fingerprint density at radius 3 is 2.88 bits per heavy atom. The second-order valence-electron chi connectivity index (χ2n) is 5.39. The van der Waals surface area contributed by atoms with E-state index in [9.17, 15) is 13.2 Å². The third-order valence-electron chi connectivity index (χ3n) is 3.40. The number of nitrogens with zero attached hydrogens (tertiary/aromatic N) is 2. The first-order chi connectivity index (χ1) is 12.3. The number of aliphatic imine (C=N–C) groups is 1. The van der Waals surface area contributed by atoms with Crippen molar-refractivity contribution in [1.29, 1.82) is 0 Å². The lowest BCUT2D eigenvalue weighted by molar-refractivity contribution is -0.274. The van der Waals surface area contributed by atoms with Gasteiger partial charge in [-0.25, -0.2) is 4.98 Å². The summed E-state index contributed by atoms with van der Waals surface area (Å²) in [5.41, 5.74) is 6.77. The van der Waals surface area contributed by atoms with Gasteiger partial charge >= 0.3 is 6.36 Å². The Balaban J connectivity index is 2.12. The van der Waals surface area contributed by atoms with Crippen LogP contribution in [0.5, 0.6) is 5.75 Å². The van der Waals surface area contributed by atoms with Crippen molar-refractivity contribution in [2.24, 2.45) is 10.7 Å². The molecule has 0 saturated heterocycles. The van der Waals surface area contributed by atoms with Crippen LogP contribution in [0.1, 0.15) is 19.2 Å². The molecule has 0 aliphatic rings. The van der Waals surface area contributed by atoms with Crippen molar-refractivity contribution in [3.05, 3.63) is 42.4 Å². The smallest absolute Gasteiger partial charge is 0.406 e. The molecule has 0 bridgehead atoms. The Kier molecular flexibility index (Phi) is 6.40. The molecular formula is C17H19F3N4O2. The summed E-state index contributed by atoms with van der Waals surface area (Å²) in [6, 6.07) is 5.31. The van der Waals surface area contributed by atoms with Crippen LogP contribution in [0.25, 0.3) is 17.3 Å². The van der Waals surface area contributed by atoms with Crippen molar-refractivity contribution in [3.63, 3.8) is 0 Å². The van der Waals surface area contributed by atoms with Crippen LogP contribution in [0.15, 0.2) is 41.5 Å². The standard InChI is InChI=1S/C17H19F3N4O2/c1-2-12(10-25)23-15(21)6-7-16-22-9-14(24-16)11-4-3-5-13(8-11)26-17(18,19)20/h3-9,12,25H,2,10H2,1H3,(H2,21,23)(H,22,24)/b7-6-. The third kappa shape index (κ3) is 5.92. The van der Waals surface area contributed by atoms with E-state index >= 15 is 0 Å². The lowest BCUT2D eigenvalue weighted by Gasteiger charge is -2.09. The predicted molar refractivity (Wildman–Crippen MR) is 92.5 cm³/mol.